The summed E-state index contributed by atoms with van der Waals surface area (Å²) in [7, 11) is 1.71. The van der Waals surface area contributed by atoms with E-state index in [2.05, 4.69) is 5.10 Å². The minimum Gasteiger partial charge on any atom is -0.268 e. The molecule has 0 aliphatic heterocycles. The molecule has 1 fully saturated rings. The van der Waals surface area contributed by atoms with Crippen molar-refractivity contribution in [2.75, 3.05) is 0 Å². The minimum absolute atomic E-state index is 0.167. The van der Waals surface area contributed by atoms with Gasteiger partial charge in [0.2, 0.25) is 0 Å². The number of nitrogens with zero attached hydrogens (tertiary/aromatic N) is 3. The average molecular weight is 167 g/mol. The maximum Gasteiger partial charge on any atom is 0.310 e. The summed E-state index contributed by atoms with van der Waals surface area (Å²) in [6, 6.07) is 0. The zero-order valence-electron chi connectivity index (χ0n) is 6.73. The third-order valence-corrected chi connectivity index (χ3v) is 2.00. The molecule has 64 valence electrons. The Morgan fingerprint density at radius 1 is 1.75 bits per heavy atom. The molecule has 0 unspecified atom stereocenters. The molecule has 1 saturated carbocycles. The van der Waals surface area contributed by atoms with Crippen LogP contribution in [0.2, 0.25) is 0 Å². The smallest absolute Gasteiger partial charge is 0.268 e. The molecule has 1 aliphatic carbocycles. The molecule has 0 aromatic carbocycles. The highest BCUT2D eigenvalue weighted by molar-refractivity contribution is 5.37. The first-order valence-electron chi connectivity index (χ1n) is 3.86. The summed E-state index contributed by atoms with van der Waals surface area (Å²) in [4.78, 5) is 10.2. The zero-order valence-corrected chi connectivity index (χ0v) is 6.73. The highest BCUT2D eigenvalue weighted by atomic mass is 16.6. The molecule has 0 radical (unpaired) electrons. The van der Waals surface area contributed by atoms with E-state index in [0.717, 1.165) is 12.8 Å². The molecular weight excluding hydrogens is 158 g/mol. The van der Waals surface area contributed by atoms with E-state index in [0.29, 0.717) is 11.6 Å². The van der Waals surface area contributed by atoms with Crippen LogP contribution in [0.5, 0.6) is 0 Å². The van der Waals surface area contributed by atoms with E-state index < -0.39 is 0 Å². The Bertz CT molecular complexity index is 327. The number of aromatic nitrogens is 2. The van der Waals surface area contributed by atoms with Crippen molar-refractivity contribution in [1.82, 2.24) is 9.78 Å². The van der Waals surface area contributed by atoms with E-state index in [-0.39, 0.29) is 10.6 Å². The molecule has 0 saturated heterocycles. The number of aryl methyl sites for hydroxylation is 1. The van der Waals surface area contributed by atoms with Gasteiger partial charge in [0.05, 0.1) is 4.92 Å². The predicted molar refractivity (Wildman–Crippen MR) is 41.8 cm³/mol. The summed E-state index contributed by atoms with van der Waals surface area (Å²) in [6.07, 6.45) is 3.54. The van der Waals surface area contributed by atoms with E-state index in [1.807, 2.05) is 0 Å². The van der Waals surface area contributed by atoms with Crippen LogP contribution in [0.15, 0.2) is 6.20 Å². The van der Waals surface area contributed by atoms with Gasteiger partial charge in [0.25, 0.3) is 0 Å². The highest BCUT2D eigenvalue weighted by Crippen LogP contribution is 2.42. The second-order valence-electron chi connectivity index (χ2n) is 3.10. The summed E-state index contributed by atoms with van der Waals surface area (Å²) in [6.45, 7) is 0. The molecule has 0 N–H and O–H groups in total. The number of hydrogen-bond acceptors (Lipinski definition) is 3. The molecule has 1 aromatic rings. The Morgan fingerprint density at radius 3 is 2.92 bits per heavy atom. The molecule has 0 bridgehead atoms. The fourth-order valence-electron chi connectivity index (χ4n) is 1.28. The Morgan fingerprint density at radius 2 is 2.42 bits per heavy atom. The van der Waals surface area contributed by atoms with Gasteiger partial charge in [-0.25, -0.2) is 0 Å². The maximum atomic E-state index is 10.5. The van der Waals surface area contributed by atoms with E-state index in [9.17, 15) is 10.1 Å². The Balaban J connectivity index is 2.43. The van der Waals surface area contributed by atoms with Gasteiger partial charge in [-0.1, -0.05) is 0 Å². The minimum atomic E-state index is -0.360. The number of hydrogen-bond donors (Lipinski definition) is 0. The normalized spacial score (nSPS) is 16.4. The van der Waals surface area contributed by atoms with Crippen LogP contribution < -0.4 is 0 Å². The van der Waals surface area contributed by atoms with Crippen molar-refractivity contribution < 1.29 is 4.92 Å². The van der Waals surface area contributed by atoms with Gasteiger partial charge in [-0.15, -0.1) is 0 Å². The molecule has 1 aromatic heterocycles. The summed E-state index contributed by atoms with van der Waals surface area (Å²) >= 11 is 0. The third kappa shape index (κ3) is 1.07. The third-order valence-electron chi connectivity index (χ3n) is 2.00. The lowest BCUT2D eigenvalue weighted by molar-refractivity contribution is -0.385. The van der Waals surface area contributed by atoms with Gasteiger partial charge in [-0.3, -0.25) is 14.8 Å². The van der Waals surface area contributed by atoms with Gasteiger partial charge in [0, 0.05) is 13.0 Å². The fraction of sp³-hybridized carbons (Fsp3) is 0.571. The van der Waals surface area contributed by atoms with Crippen molar-refractivity contribution in [3.63, 3.8) is 0 Å². The molecular formula is C7H9N3O2. The fourth-order valence-corrected chi connectivity index (χ4v) is 1.28. The SMILES string of the molecule is Cn1cc([N+](=O)[O-])c(C2CC2)n1. The molecule has 0 amide bonds. The molecule has 5 heteroatoms. The van der Waals surface area contributed by atoms with E-state index >= 15 is 0 Å². The van der Waals surface area contributed by atoms with Gasteiger partial charge < -0.3 is 0 Å². The first-order chi connectivity index (χ1) is 5.68. The molecule has 1 heterocycles. The molecule has 0 atom stereocenters. The molecule has 1 aliphatic rings. The van der Waals surface area contributed by atoms with Gasteiger partial charge in [-0.2, -0.15) is 5.10 Å². The Hall–Kier alpha value is -1.39. The van der Waals surface area contributed by atoms with Crippen molar-refractivity contribution >= 4 is 5.69 Å². The lowest BCUT2D eigenvalue weighted by Crippen LogP contribution is -1.91. The van der Waals surface area contributed by atoms with Crippen molar-refractivity contribution in [3.8, 4) is 0 Å². The molecule has 2 rings (SSSR count). The highest BCUT2D eigenvalue weighted by Gasteiger charge is 2.33. The molecule has 0 spiro atoms. The van der Waals surface area contributed by atoms with Gasteiger partial charge in [0.15, 0.2) is 0 Å². The Kier molecular flexibility index (Phi) is 1.39. The lowest BCUT2D eigenvalue weighted by Gasteiger charge is -1.88. The standard InChI is InChI=1S/C7H9N3O2/c1-9-4-6(10(11)12)7(8-9)5-2-3-5/h4-5H,2-3H2,1H3. The first-order valence-corrected chi connectivity index (χ1v) is 3.86. The van der Waals surface area contributed by atoms with Crippen LogP contribution >= 0.6 is 0 Å². The van der Waals surface area contributed by atoms with Crippen molar-refractivity contribution in [3.05, 3.63) is 22.0 Å². The topological polar surface area (TPSA) is 61.0 Å². The monoisotopic (exact) mass is 167 g/mol. The Labute approximate surface area is 69.1 Å². The summed E-state index contributed by atoms with van der Waals surface area (Å²) in [5, 5.41) is 14.6. The number of nitro groups is 1. The van der Waals surface area contributed by atoms with Gasteiger partial charge >= 0.3 is 5.69 Å². The second-order valence-corrected chi connectivity index (χ2v) is 3.10. The largest absolute Gasteiger partial charge is 0.310 e. The quantitative estimate of drug-likeness (QED) is 0.491. The van der Waals surface area contributed by atoms with Crippen molar-refractivity contribution in [2.45, 2.75) is 18.8 Å². The van der Waals surface area contributed by atoms with Crippen LogP contribution in [-0.2, 0) is 7.05 Å². The van der Waals surface area contributed by atoms with E-state index in [1.54, 1.807) is 7.05 Å². The zero-order chi connectivity index (χ0) is 8.72. The summed E-state index contributed by atoms with van der Waals surface area (Å²) in [5.74, 6) is 0.339. The van der Waals surface area contributed by atoms with Crippen LogP contribution in [0.3, 0.4) is 0 Å². The van der Waals surface area contributed by atoms with Gasteiger partial charge in [0.1, 0.15) is 11.9 Å². The van der Waals surface area contributed by atoms with Crippen LogP contribution in [0.4, 0.5) is 5.69 Å². The summed E-state index contributed by atoms with van der Waals surface area (Å²) in [5.41, 5.74) is 0.822. The van der Waals surface area contributed by atoms with Crippen LogP contribution in [0.1, 0.15) is 24.5 Å². The van der Waals surface area contributed by atoms with Crippen LogP contribution in [0.25, 0.3) is 0 Å². The van der Waals surface area contributed by atoms with Crippen LogP contribution in [-0.4, -0.2) is 14.7 Å². The maximum absolute atomic E-state index is 10.5. The van der Waals surface area contributed by atoms with Crippen molar-refractivity contribution in [2.24, 2.45) is 7.05 Å². The van der Waals surface area contributed by atoms with E-state index in [1.165, 1.54) is 10.9 Å². The van der Waals surface area contributed by atoms with E-state index in [4.69, 9.17) is 0 Å². The van der Waals surface area contributed by atoms with Crippen molar-refractivity contribution in [1.29, 1.82) is 0 Å². The van der Waals surface area contributed by atoms with Gasteiger partial charge in [-0.05, 0) is 12.8 Å². The lowest BCUT2D eigenvalue weighted by atomic mass is 10.3. The van der Waals surface area contributed by atoms with Crippen LogP contribution in [0, 0.1) is 10.1 Å². The molecule has 5 nitrogen and oxygen atoms in total. The first kappa shape index (κ1) is 7.27. The summed E-state index contributed by atoms with van der Waals surface area (Å²) < 4.78 is 1.51. The molecule has 12 heavy (non-hydrogen) atoms. The number of rotatable bonds is 2. The predicted octanol–water partition coefficient (Wildman–Crippen LogP) is 1.21. The second kappa shape index (κ2) is 2.30. The average Bonchev–Trinajstić information content (AvgIpc) is 2.75.